The molecular formula is C27H24FNO7S2. The van der Waals surface area contributed by atoms with Crippen LogP contribution in [-0.2, 0) is 14.9 Å². The summed E-state index contributed by atoms with van der Waals surface area (Å²) in [6, 6.07) is 14.4. The Hall–Kier alpha value is -3.83. The van der Waals surface area contributed by atoms with Crippen molar-refractivity contribution >= 4 is 39.1 Å². The van der Waals surface area contributed by atoms with Crippen molar-refractivity contribution in [1.82, 2.24) is 4.90 Å². The van der Waals surface area contributed by atoms with Gasteiger partial charge in [0.25, 0.3) is 11.1 Å². The molecule has 198 valence electrons. The number of hydrogen-bond acceptors (Lipinski definition) is 8. The van der Waals surface area contributed by atoms with Gasteiger partial charge >= 0.3 is 10.1 Å². The van der Waals surface area contributed by atoms with E-state index in [0.717, 1.165) is 52.1 Å². The van der Waals surface area contributed by atoms with Gasteiger partial charge in [-0.1, -0.05) is 18.2 Å². The zero-order valence-electron chi connectivity index (χ0n) is 20.8. The molecule has 0 spiro atoms. The van der Waals surface area contributed by atoms with Crippen LogP contribution in [0.2, 0.25) is 0 Å². The first-order chi connectivity index (χ1) is 18.1. The summed E-state index contributed by atoms with van der Waals surface area (Å²) in [5.74, 6) is -0.341. The van der Waals surface area contributed by atoms with Gasteiger partial charge in [-0.2, -0.15) is 8.42 Å². The van der Waals surface area contributed by atoms with Gasteiger partial charge in [-0.3, -0.25) is 14.5 Å². The number of thioether (sulfide) groups is 1. The summed E-state index contributed by atoms with van der Waals surface area (Å²) in [6.07, 6.45) is 1.51. The van der Waals surface area contributed by atoms with E-state index in [9.17, 15) is 22.4 Å². The number of imide groups is 1. The van der Waals surface area contributed by atoms with Gasteiger partial charge in [-0.25, -0.2) is 4.39 Å². The number of halogens is 1. The monoisotopic (exact) mass is 557 g/mol. The predicted molar refractivity (Wildman–Crippen MR) is 141 cm³/mol. The van der Waals surface area contributed by atoms with E-state index in [2.05, 4.69) is 0 Å². The second-order valence-electron chi connectivity index (χ2n) is 8.35. The number of benzene rings is 3. The highest BCUT2D eigenvalue weighted by atomic mass is 32.2. The second-order valence-corrected chi connectivity index (χ2v) is 10.9. The Kier molecular flexibility index (Phi) is 8.08. The summed E-state index contributed by atoms with van der Waals surface area (Å²) < 4.78 is 54.5. The molecule has 0 aromatic heterocycles. The Morgan fingerprint density at radius 2 is 1.68 bits per heavy atom. The number of carbonyl (C=O) groups excluding carboxylic acids is 2. The topological polar surface area (TPSA) is 99.2 Å². The first-order valence-corrected chi connectivity index (χ1v) is 13.6. The molecule has 1 heterocycles. The zero-order valence-corrected chi connectivity index (χ0v) is 22.4. The average molecular weight is 558 g/mol. The molecule has 3 aromatic rings. The van der Waals surface area contributed by atoms with Gasteiger partial charge in [0, 0.05) is 0 Å². The fourth-order valence-corrected chi connectivity index (χ4v) is 5.37. The van der Waals surface area contributed by atoms with Crippen molar-refractivity contribution in [2.24, 2.45) is 0 Å². The van der Waals surface area contributed by atoms with Gasteiger partial charge < -0.3 is 13.7 Å². The molecule has 2 amide bonds. The predicted octanol–water partition coefficient (Wildman–Crippen LogP) is 5.33. The first-order valence-electron chi connectivity index (χ1n) is 11.4. The minimum atomic E-state index is -4.24. The Balaban J connectivity index is 1.46. The van der Waals surface area contributed by atoms with E-state index >= 15 is 0 Å². The smallest absolute Gasteiger partial charge is 0.339 e. The normalized spacial score (nSPS) is 14.7. The van der Waals surface area contributed by atoms with Crippen molar-refractivity contribution in [2.45, 2.75) is 18.7 Å². The molecule has 4 rings (SSSR count). The number of aryl methyl sites for hydroxylation is 2. The summed E-state index contributed by atoms with van der Waals surface area (Å²) in [5, 5.41) is -0.414. The molecule has 38 heavy (non-hydrogen) atoms. The van der Waals surface area contributed by atoms with Gasteiger partial charge in [-0.05, 0) is 90.8 Å². The number of ether oxygens (including phenoxy) is 2. The van der Waals surface area contributed by atoms with Crippen LogP contribution in [0.5, 0.6) is 17.2 Å². The van der Waals surface area contributed by atoms with Crippen LogP contribution < -0.4 is 13.7 Å². The number of nitrogens with zero attached hydrogens (tertiary/aromatic N) is 1. The SMILES string of the molecule is COc1cc(/C=C2\SC(=O)N(CCOc3cc(C)ccc3C)C2=O)ccc1OS(=O)(=O)c1ccc(F)cc1. The molecule has 0 N–H and O–H groups in total. The first kappa shape index (κ1) is 27.2. The van der Waals surface area contributed by atoms with Crippen LogP contribution in [0.25, 0.3) is 6.08 Å². The molecule has 1 aliphatic rings. The molecule has 11 heteroatoms. The fraction of sp³-hybridized carbons (Fsp3) is 0.185. The van der Waals surface area contributed by atoms with E-state index in [1.165, 1.54) is 31.4 Å². The van der Waals surface area contributed by atoms with Crippen molar-refractivity contribution < 1.29 is 36.1 Å². The molecule has 3 aromatic carbocycles. The summed E-state index contributed by atoms with van der Waals surface area (Å²) in [7, 11) is -2.91. The van der Waals surface area contributed by atoms with Crippen molar-refractivity contribution in [2.75, 3.05) is 20.3 Å². The molecule has 1 saturated heterocycles. The third-order valence-electron chi connectivity index (χ3n) is 5.58. The van der Waals surface area contributed by atoms with Crippen LogP contribution in [0.1, 0.15) is 16.7 Å². The highest BCUT2D eigenvalue weighted by Crippen LogP contribution is 2.35. The number of rotatable bonds is 9. The van der Waals surface area contributed by atoms with Crippen molar-refractivity contribution in [1.29, 1.82) is 0 Å². The third kappa shape index (κ3) is 6.17. The molecule has 1 aliphatic heterocycles. The minimum absolute atomic E-state index is 0.0885. The van der Waals surface area contributed by atoms with Crippen LogP contribution in [0.4, 0.5) is 9.18 Å². The second kappa shape index (κ2) is 11.3. The molecule has 0 bridgehead atoms. The molecule has 0 radical (unpaired) electrons. The average Bonchev–Trinajstić information content (AvgIpc) is 3.14. The highest BCUT2D eigenvalue weighted by Gasteiger charge is 2.35. The Bertz CT molecular complexity index is 1520. The van der Waals surface area contributed by atoms with Crippen molar-refractivity contribution in [3.63, 3.8) is 0 Å². The van der Waals surface area contributed by atoms with Crippen LogP contribution in [0.3, 0.4) is 0 Å². The Morgan fingerprint density at radius 3 is 2.39 bits per heavy atom. The van der Waals surface area contributed by atoms with Crippen molar-refractivity contribution in [3.8, 4) is 17.2 Å². The maximum atomic E-state index is 13.2. The number of methoxy groups -OCH3 is 1. The van der Waals surface area contributed by atoms with Crippen molar-refractivity contribution in [3.05, 3.63) is 88.1 Å². The van der Waals surface area contributed by atoms with Crippen LogP contribution in [-0.4, -0.2) is 44.7 Å². The lowest BCUT2D eigenvalue weighted by Gasteiger charge is -2.14. The summed E-state index contributed by atoms with van der Waals surface area (Å²) >= 11 is 0.799. The maximum Gasteiger partial charge on any atom is 0.339 e. The summed E-state index contributed by atoms with van der Waals surface area (Å²) in [6.45, 7) is 4.11. The van der Waals surface area contributed by atoms with Crippen LogP contribution in [0.15, 0.2) is 70.5 Å². The molecule has 8 nitrogen and oxygen atoms in total. The molecule has 0 unspecified atom stereocenters. The molecule has 1 fully saturated rings. The fourth-order valence-electron chi connectivity index (χ4n) is 3.56. The summed E-state index contributed by atoms with van der Waals surface area (Å²) in [4.78, 5) is 26.4. The highest BCUT2D eigenvalue weighted by molar-refractivity contribution is 8.18. The third-order valence-corrected chi connectivity index (χ3v) is 7.73. The van der Waals surface area contributed by atoms with Gasteiger partial charge in [0.05, 0.1) is 18.6 Å². The van der Waals surface area contributed by atoms with E-state index < -0.39 is 27.1 Å². The van der Waals surface area contributed by atoms with E-state index in [1.807, 2.05) is 32.0 Å². The lowest BCUT2D eigenvalue weighted by molar-refractivity contribution is -0.123. The molecular weight excluding hydrogens is 533 g/mol. The van der Waals surface area contributed by atoms with E-state index in [-0.39, 0.29) is 34.5 Å². The minimum Gasteiger partial charge on any atom is -0.493 e. The Labute approximate surface area is 224 Å². The number of amides is 2. The lowest BCUT2D eigenvalue weighted by atomic mass is 10.1. The Morgan fingerprint density at radius 1 is 0.947 bits per heavy atom. The number of carbonyl (C=O) groups is 2. The van der Waals surface area contributed by atoms with E-state index in [1.54, 1.807) is 0 Å². The van der Waals surface area contributed by atoms with Gasteiger partial charge in [0.2, 0.25) is 0 Å². The zero-order chi connectivity index (χ0) is 27.4. The van der Waals surface area contributed by atoms with Gasteiger partial charge in [0.15, 0.2) is 11.5 Å². The largest absolute Gasteiger partial charge is 0.493 e. The van der Waals surface area contributed by atoms with E-state index in [0.29, 0.717) is 11.3 Å². The lowest BCUT2D eigenvalue weighted by Crippen LogP contribution is -2.32. The standard InChI is InChI=1S/C27H24FNO7S2/c1-17-4-5-18(2)23(14-17)35-13-12-29-26(30)25(37-27(29)31)16-19-6-11-22(24(15-19)34-3)36-38(32,33)21-9-7-20(28)8-10-21/h4-11,14-16H,12-13H2,1-3H3/b25-16-. The quantitative estimate of drug-likeness (QED) is 0.257. The van der Waals surface area contributed by atoms with Crippen LogP contribution >= 0.6 is 11.8 Å². The molecule has 0 aliphatic carbocycles. The van der Waals surface area contributed by atoms with Gasteiger partial charge in [-0.15, -0.1) is 0 Å². The molecule has 0 atom stereocenters. The van der Waals surface area contributed by atoms with E-state index in [4.69, 9.17) is 13.7 Å². The van der Waals surface area contributed by atoms with Crippen LogP contribution in [0, 0.1) is 19.7 Å². The number of hydrogen-bond donors (Lipinski definition) is 0. The summed E-state index contributed by atoms with van der Waals surface area (Å²) in [5.41, 5.74) is 2.49. The maximum absolute atomic E-state index is 13.2. The van der Waals surface area contributed by atoms with Gasteiger partial charge in [0.1, 0.15) is 23.1 Å². The molecule has 0 saturated carbocycles.